The van der Waals surface area contributed by atoms with Gasteiger partial charge in [-0.05, 0) is 43.7 Å². The van der Waals surface area contributed by atoms with Crippen molar-refractivity contribution in [3.05, 3.63) is 71.9 Å². The van der Waals surface area contributed by atoms with Crippen LogP contribution in [-0.2, 0) is 13.6 Å². The summed E-state index contributed by atoms with van der Waals surface area (Å²) in [4.78, 5) is 7.25. The average molecular weight is 350 g/mol. The maximum atomic E-state index is 14.1. The molecule has 3 aromatic rings. The van der Waals surface area contributed by atoms with E-state index in [1.54, 1.807) is 12.1 Å². The van der Waals surface area contributed by atoms with Crippen LogP contribution in [0.5, 0.6) is 0 Å². The summed E-state index contributed by atoms with van der Waals surface area (Å²) in [5, 5.41) is 4.25. The Hall–Kier alpha value is -2.53. The van der Waals surface area contributed by atoms with E-state index in [4.69, 9.17) is 4.98 Å². The number of aromatic nitrogens is 3. The molecule has 4 rings (SSSR count). The van der Waals surface area contributed by atoms with Gasteiger partial charge < -0.3 is 0 Å². The third-order valence-corrected chi connectivity index (χ3v) is 5.01. The third-order valence-electron chi connectivity index (χ3n) is 5.01. The summed E-state index contributed by atoms with van der Waals surface area (Å²) in [6.45, 7) is 2.98. The molecule has 1 aliphatic rings. The first-order chi connectivity index (χ1) is 12.7. The van der Waals surface area contributed by atoms with Crippen LogP contribution in [0, 0.1) is 5.82 Å². The van der Waals surface area contributed by atoms with Gasteiger partial charge in [0, 0.05) is 49.1 Å². The number of piperidine rings is 1. The molecule has 26 heavy (non-hydrogen) atoms. The van der Waals surface area contributed by atoms with Gasteiger partial charge in [0.1, 0.15) is 5.82 Å². The van der Waals surface area contributed by atoms with Gasteiger partial charge >= 0.3 is 0 Å². The van der Waals surface area contributed by atoms with Gasteiger partial charge in [-0.25, -0.2) is 4.39 Å². The van der Waals surface area contributed by atoms with Gasteiger partial charge in [0.05, 0.1) is 11.9 Å². The monoisotopic (exact) mass is 350 g/mol. The molecule has 1 aromatic carbocycles. The Bertz CT molecular complexity index is 889. The van der Waals surface area contributed by atoms with Crippen LogP contribution in [0.3, 0.4) is 0 Å². The lowest BCUT2D eigenvalue weighted by atomic mass is 9.93. The highest BCUT2D eigenvalue weighted by atomic mass is 19.1. The average Bonchev–Trinajstić information content (AvgIpc) is 3.07. The second-order valence-corrected chi connectivity index (χ2v) is 7.02. The van der Waals surface area contributed by atoms with E-state index in [1.807, 2.05) is 36.1 Å². The summed E-state index contributed by atoms with van der Waals surface area (Å²) in [6, 6.07) is 12.8. The van der Waals surface area contributed by atoms with Crippen molar-refractivity contribution in [2.45, 2.75) is 25.3 Å². The van der Waals surface area contributed by atoms with E-state index in [9.17, 15) is 4.39 Å². The van der Waals surface area contributed by atoms with Crippen molar-refractivity contribution in [2.24, 2.45) is 7.05 Å². The van der Waals surface area contributed by atoms with Crippen LogP contribution in [0.2, 0.25) is 0 Å². The molecule has 1 atom stereocenters. The van der Waals surface area contributed by atoms with Crippen molar-refractivity contribution in [3.63, 3.8) is 0 Å². The van der Waals surface area contributed by atoms with Crippen LogP contribution in [0.4, 0.5) is 4.39 Å². The second-order valence-electron chi connectivity index (χ2n) is 7.02. The SMILES string of the molecule is Cn1cc(CN2CCC[C@H](c3cccc(-c4ccccc4F)n3)C2)cn1. The zero-order valence-corrected chi connectivity index (χ0v) is 15.0. The summed E-state index contributed by atoms with van der Waals surface area (Å²) in [5.74, 6) is 0.158. The maximum Gasteiger partial charge on any atom is 0.132 e. The van der Waals surface area contributed by atoms with Gasteiger partial charge in [-0.15, -0.1) is 0 Å². The molecule has 1 aliphatic heterocycles. The van der Waals surface area contributed by atoms with Gasteiger partial charge in [0.15, 0.2) is 0 Å². The summed E-state index contributed by atoms with van der Waals surface area (Å²) in [5.41, 5.74) is 3.57. The Morgan fingerprint density at radius 1 is 1.15 bits per heavy atom. The fraction of sp³-hybridized carbons (Fsp3) is 0.333. The summed E-state index contributed by atoms with van der Waals surface area (Å²) in [6.07, 6.45) is 6.27. The topological polar surface area (TPSA) is 34.0 Å². The molecular weight excluding hydrogens is 327 g/mol. The van der Waals surface area contributed by atoms with Crippen LogP contribution in [0.1, 0.15) is 30.0 Å². The van der Waals surface area contributed by atoms with Crippen molar-refractivity contribution in [1.29, 1.82) is 0 Å². The minimum atomic E-state index is -0.223. The van der Waals surface area contributed by atoms with Crippen molar-refractivity contribution in [3.8, 4) is 11.3 Å². The molecule has 0 bridgehead atoms. The first-order valence-electron chi connectivity index (χ1n) is 9.11. The quantitative estimate of drug-likeness (QED) is 0.713. The van der Waals surface area contributed by atoms with Gasteiger partial charge in [0.2, 0.25) is 0 Å². The molecule has 2 aromatic heterocycles. The lowest BCUT2D eigenvalue weighted by molar-refractivity contribution is 0.198. The Labute approximate surface area is 153 Å². The molecular formula is C21H23FN4. The van der Waals surface area contributed by atoms with Crippen molar-refractivity contribution < 1.29 is 4.39 Å². The molecule has 0 unspecified atom stereocenters. The molecule has 1 fully saturated rings. The van der Waals surface area contributed by atoms with Crippen LogP contribution in [0.15, 0.2) is 54.9 Å². The highest BCUT2D eigenvalue weighted by Gasteiger charge is 2.23. The fourth-order valence-electron chi connectivity index (χ4n) is 3.75. The van der Waals surface area contributed by atoms with E-state index in [1.165, 1.54) is 11.6 Å². The maximum absolute atomic E-state index is 14.1. The first kappa shape index (κ1) is 16.9. The number of nitrogens with zero attached hydrogens (tertiary/aromatic N) is 4. The predicted octanol–water partition coefficient (Wildman–Crippen LogP) is 4.00. The van der Waals surface area contributed by atoms with Crippen LogP contribution in [0.25, 0.3) is 11.3 Å². The lowest BCUT2D eigenvalue weighted by Gasteiger charge is -2.32. The zero-order valence-electron chi connectivity index (χ0n) is 15.0. The largest absolute Gasteiger partial charge is 0.298 e. The molecule has 4 nitrogen and oxygen atoms in total. The van der Waals surface area contributed by atoms with Crippen molar-refractivity contribution in [1.82, 2.24) is 19.7 Å². The molecule has 134 valence electrons. The molecule has 3 heterocycles. The van der Waals surface area contributed by atoms with Crippen LogP contribution >= 0.6 is 0 Å². The number of benzene rings is 1. The molecule has 0 N–H and O–H groups in total. The highest BCUT2D eigenvalue weighted by molar-refractivity contribution is 5.59. The number of rotatable bonds is 4. The number of hydrogen-bond acceptors (Lipinski definition) is 3. The number of halogens is 1. The summed E-state index contributed by atoms with van der Waals surface area (Å²) < 4.78 is 15.9. The summed E-state index contributed by atoms with van der Waals surface area (Å²) in [7, 11) is 1.95. The molecule has 0 aliphatic carbocycles. The Morgan fingerprint density at radius 2 is 2.04 bits per heavy atom. The van der Waals surface area contributed by atoms with Gasteiger partial charge in [-0.3, -0.25) is 14.6 Å². The fourth-order valence-corrected chi connectivity index (χ4v) is 3.75. The van der Waals surface area contributed by atoms with Crippen LogP contribution < -0.4 is 0 Å². The van der Waals surface area contributed by atoms with E-state index >= 15 is 0 Å². The number of aryl methyl sites for hydroxylation is 1. The van der Waals surface area contributed by atoms with Crippen molar-refractivity contribution in [2.75, 3.05) is 13.1 Å². The van der Waals surface area contributed by atoms with Crippen molar-refractivity contribution >= 4 is 0 Å². The van der Waals surface area contributed by atoms with E-state index in [-0.39, 0.29) is 5.82 Å². The Balaban J connectivity index is 1.52. The Kier molecular flexibility index (Phi) is 4.80. The van der Waals surface area contributed by atoms with E-state index in [0.29, 0.717) is 17.2 Å². The second kappa shape index (κ2) is 7.38. The number of likely N-dealkylation sites (tertiary alicyclic amines) is 1. The molecule has 0 saturated carbocycles. The van der Waals surface area contributed by atoms with Crippen LogP contribution in [-0.4, -0.2) is 32.8 Å². The third kappa shape index (κ3) is 3.68. The predicted molar refractivity (Wildman–Crippen MR) is 100 cm³/mol. The first-order valence-corrected chi connectivity index (χ1v) is 9.11. The minimum Gasteiger partial charge on any atom is -0.298 e. The van der Waals surface area contributed by atoms with Gasteiger partial charge in [-0.2, -0.15) is 5.10 Å². The smallest absolute Gasteiger partial charge is 0.132 e. The van der Waals surface area contributed by atoms with Gasteiger partial charge in [-0.1, -0.05) is 18.2 Å². The van der Waals surface area contributed by atoms with E-state index < -0.39 is 0 Å². The summed E-state index contributed by atoms with van der Waals surface area (Å²) >= 11 is 0. The molecule has 5 heteroatoms. The van der Waals surface area contributed by atoms with Gasteiger partial charge in [0.25, 0.3) is 0 Å². The van der Waals surface area contributed by atoms with E-state index in [2.05, 4.69) is 22.3 Å². The molecule has 0 spiro atoms. The molecule has 0 radical (unpaired) electrons. The standard InChI is InChI=1S/C21H23FN4/c1-25-13-16(12-23-25)14-26-11-5-6-17(15-26)20-9-4-10-21(24-20)18-7-2-3-8-19(18)22/h2-4,7-10,12-13,17H,5-6,11,14-15H2,1H3/t17-/m0/s1. The lowest BCUT2D eigenvalue weighted by Crippen LogP contribution is -2.34. The van der Waals surface area contributed by atoms with E-state index in [0.717, 1.165) is 38.2 Å². The molecule has 1 saturated heterocycles. The Morgan fingerprint density at radius 3 is 2.85 bits per heavy atom. The molecule has 0 amide bonds. The normalized spacial score (nSPS) is 18.2. The minimum absolute atomic E-state index is 0.223. The zero-order chi connectivity index (χ0) is 17.9. The highest BCUT2D eigenvalue weighted by Crippen LogP contribution is 2.29. The number of pyridine rings is 1. The number of hydrogen-bond donors (Lipinski definition) is 0.